The zero-order valence-corrected chi connectivity index (χ0v) is 16.7. The molecule has 2 amide bonds. The van der Waals surface area contributed by atoms with E-state index in [0.29, 0.717) is 24.5 Å². The maximum absolute atomic E-state index is 12.9. The fourth-order valence-corrected chi connectivity index (χ4v) is 5.08. The number of ether oxygens (including phenoxy) is 1. The molecule has 3 heterocycles. The van der Waals surface area contributed by atoms with Crippen LogP contribution < -0.4 is 10.1 Å². The van der Waals surface area contributed by atoms with Crippen LogP contribution in [-0.2, 0) is 9.59 Å². The quantitative estimate of drug-likeness (QED) is 0.717. The first-order valence-corrected chi connectivity index (χ1v) is 10.7. The predicted octanol–water partition coefficient (Wildman–Crippen LogP) is 3.79. The molecule has 1 N–H and O–H groups in total. The van der Waals surface area contributed by atoms with E-state index in [2.05, 4.69) is 11.4 Å². The molecule has 0 aliphatic carbocycles. The number of benzene rings is 2. The maximum Gasteiger partial charge on any atom is 0.266 e. The number of anilines is 1. The van der Waals surface area contributed by atoms with Crippen molar-refractivity contribution in [2.75, 3.05) is 18.4 Å². The molecule has 2 atom stereocenters. The van der Waals surface area contributed by atoms with Gasteiger partial charge in [-0.3, -0.25) is 9.59 Å². The average molecular weight is 407 g/mol. The van der Waals surface area contributed by atoms with Crippen molar-refractivity contribution in [1.29, 1.82) is 0 Å². The van der Waals surface area contributed by atoms with Crippen molar-refractivity contribution < 1.29 is 14.3 Å². The topological polar surface area (TPSA) is 71.5 Å². The highest BCUT2D eigenvalue weighted by Gasteiger charge is 2.33. The summed E-state index contributed by atoms with van der Waals surface area (Å²) in [4.78, 5) is 31.9. The fourth-order valence-electron chi connectivity index (χ4n) is 3.98. The molecule has 0 saturated carbocycles. The first-order chi connectivity index (χ1) is 14.2. The summed E-state index contributed by atoms with van der Waals surface area (Å²) in [5.74, 6) is 0.537. The molecule has 3 aromatic rings. The van der Waals surface area contributed by atoms with Crippen LogP contribution in [0.5, 0.6) is 5.75 Å². The number of nitrogens with one attached hydrogen (secondary N) is 1. The van der Waals surface area contributed by atoms with E-state index in [1.54, 1.807) is 23.5 Å². The predicted molar refractivity (Wildman–Crippen MR) is 112 cm³/mol. The lowest BCUT2D eigenvalue weighted by molar-refractivity contribution is -0.138. The Morgan fingerprint density at radius 3 is 2.93 bits per heavy atom. The number of amides is 2. The molecule has 2 aliphatic rings. The number of thiazole rings is 1. The van der Waals surface area contributed by atoms with Gasteiger partial charge in [0, 0.05) is 19.0 Å². The van der Waals surface area contributed by atoms with Gasteiger partial charge >= 0.3 is 0 Å². The van der Waals surface area contributed by atoms with Crippen molar-refractivity contribution in [2.45, 2.75) is 31.3 Å². The summed E-state index contributed by atoms with van der Waals surface area (Å²) in [6.45, 7) is 1.36. The van der Waals surface area contributed by atoms with Gasteiger partial charge in [-0.15, -0.1) is 11.3 Å². The molecular weight excluding hydrogens is 386 g/mol. The molecule has 29 heavy (non-hydrogen) atoms. The zero-order valence-electron chi connectivity index (χ0n) is 15.8. The second-order valence-corrected chi connectivity index (χ2v) is 8.56. The van der Waals surface area contributed by atoms with E-state index in [1.807, 2.05) is 35.2 Å². The van der Waals surface area contributed by atoms with Gasteiger partial charge in [-0.1, -0.05) is 24.3 Å². The Morgan fingerprint density at radius 2 is 2.03 bits per heavy atom. The van der Waals surface area contributed by atoms with Crippen molar-refractivity contribution in [1.82, 2.24) is 9.88 Å². The molecule has 2 aromatic carbocycles. The second kappa shape index (κ2) is 7.48. The Hall–Kier alpha value is -2.93. The van der Waals surface area contributed by atoms with Gasteiger partial charge in [0.2, 0.25) is 5.91 Å². The lowest BCUT2D eigenvalue weighted by Gasteiger charge is -2.33. The standard InChI is InChI=1S/C22H21N3O3S/c26-20(12-18-21(27)23-15-7-1-3-9-17(15)28-18)25-11-5-6-14(13-25)22-24-16-8-2-4-10-19(16)29-22/h1-4,7-10,14,18H,5-6,11-13H2,(H,23,27)/t14-,18+/m1/s1. The van der Waals surface area contributed by atoms with Crippen molar-refractivity contribution in [3.8, 4) is 5.75 Å². The van der Waals surface area contributed by atoms with Crippen LogP contribution in [0.3, 0.4) is 0 Å². The number of para-hydroxylation sites is 3. The van der Waals surface area contributed by atoms with E-state index in [1.165, 1.54) is 4.70 Å². The summed E-state index contributed by atoms with van der Waals surface area (Å²) >= 11 is 1.71. The molecule has 5 rings (SSSR count). The second-order valence-electron chi connectivity index (χ2n) is 7.49. The molecule has 148 valence electrons. The molecule has 0 bridgehead atoms. The van der Waals surface area contributed by atoms with Crippen LogP contribution in [0.15, 0.2) is 48.5 Å². The van der Waals surface area contributed by atoms with E-state index >= 15 is 0 Å². The third kappa shape index (κ3) is 3.58. The minimum Gasteiger partial charge on any atom is -0.478 e. The van der Waals surface area contributed by atoms with Gasteiger partial charge in [-0.05, 0) is 37.1 Å². The molecule has 0 radical (unpaired) electrons. The highest BCUT2D eigenvalue weighted by Crippen LogP contribution is 2.34. The van der Waals surface area contributed by atoms with Gasteiger partial charge in [0.1, 0.15) is 5.75 Å². The van der Waals surface area contributed by atoms with Crippen LogP contribution in [0.4, 0.5) is 5.69 Å². The molecule has 0 unspecified atom stereocenters. The maximum atomic E-state index is 12.9. The molecule has 1 fully saturated rings. The number of carbonyl (C=O) groups excluding carboxylic acids is 2. The van der Waals surface area contributed by atoms with Crippen LogP contribution in [0.2, 0.25) is 0 Å². The van der Waals surface area contributed by atoms with Crippen LogP contribution in [0.1, 0.15) is 30.2 Å². The molecule has 0 spiro atoms. The first-order valence-electron chi connectivity index (χ1n) is 9.87. The Labute approximate surface area is 172 Å². The minimum absolute atomic E-state index is 0.0460. The van der Waals surface area contributed by atoms with Crippen LogP contribution in [0, 0.1) is 0 Å². The number of rotatable bonds is 3. The van der Waals surface area contributed by atoms with E-state index in [0.717, 1.165) is 23.4 Å². The van der Waals surface area contributed by atoms with Crippen molar-refractivity contribution in [3.05, 3.63) is 53.5 Å². The lowest BCUT2D eigenvalue weighted by Crippen LogP contribution is -2.44. The van der Waals surface area contributed by atoms with E-state index < -0.39 is 6.10 Å². The van der Waals surface area contributed by atoms with Gasteiger partial charge in [0.15, 0.2) is 6.10 Å². The Bertz CT molecular complexity index is 1050. The largest absolute Gasteiger partial charge is 0.478 e. The first kappa shape index (κ1) is 18.1. The summed E-state index contributed by atoms with van der Waals surface area (Å²) in [6, 6.07) is 15.4. The van der Waals surface area contributed by atoms with Crippen molar-refractivity contribution in [2.24, 2.45) is 0 Å². The highest BCUT2D eigenvalue weighted by molar-refractivity contribution is 7.18. The van der Waals surface area contributed by atoms with E-state index in [4.69, 9.17) is 9.72 Å². The van der Waals surface area contributed by atoms with E-state index in [-0.39, 0.29) is 24.2 Å². The Kier molecular flexibility index (Phi) is 4.67. The normalized spacial score (nSPS) is 21.4. The number of carbonyl (C=O) groups is 2. The van der Waals surface area contributed by atoms with Gasteiger partial charge in [-0.2, -0.15) is 0 Å². The third-order valence-corrected chi connectivity index (χ3v) is 6.70. The van der Waals surface area contributed by atoms with Crippen LogP contribution >= 0.6 is 11.3 Å². The number of nitrogens with zero attached hydrogens (tertiary/aromatic N) is 2. The molecule has 7 heteroatoms. The molecule has 1 aromatic heterocycles. The lowest BCUT2D eigenvalue weighted by atomic mass is 9.98. The number of piperidine rings is 1. The van der Waals surface area contributed by atoms with Gasteiger partial charge < -0.3 is 15.0 Å². The van der Waals surface area contributed by atoms with Crippen LogP contribution in [-0.4, -0.2) is 40.9 Å². The monoisotopic (exact) mass is 407 g/mol. The van der Waals surface area contributed by atoms with Gasteiger partial charge in [-0.25, -0.2) is 4.98 Å². The summed E-state index contributed by atoms with van der Waals surface area (Å²) in [5, 5.41) is 3.91. The fraction of sp³-hybridized carbons (Fsp3) is 0.318. The Balaban J connectivity index is 1.27. The summed E-state index contributed by atoms with van der Waals surface area (Å²) in [7, 11) is 0. The summed E-state index contributed by atoms with van der Waals surface area (Å²) in [5.41, 5.74) is 1.66. The van der Waals surface area contributed by atoms with Crippen LogP contribution in [0.25, 0.3) is 10.2 Å². The molecule has 2 aliphatic heterocycles. The van der Waals surface area contributed by atoms with Crippen molar-refractivity contribution in [3.63, 3.8) is 0 Å². The smallest absolute Gasteiger partial charge is 0.266 e. The molecular formula is C22H21N3O3S. The zero-order chi connectivity index (χ0) is 19.8. The minimum atomic E-state index is -0.791. The highest BCUT2D eigenvalue weighted by atomic mass is 32.1. The molecule has 6 nitrogen and oxygen atoms in total. The number of hydrogen-bond acceptors (Lipinski definition) is 5. The number of hydrogen-bond donors (Lipinski definition) is 1. The summed E-state index contributed by atoms with van der Waals surface area (Å²) < 4.78 is 6.96. The van der Waals surface area contributed by atoms with Gasteiger partial charge in [0.05, 0.1) is 27.3 Å². The van der Waals surface area contributed by atoms with Crippen molar-refractivity contribution >= 4 is 39.1 Å². The Morgan fingerprint density at radius 1 is 1.21 bits per heavy atom. The SMILES string of the molecule is O=C1Nc2ccccc2O[C@H]1CC(=O)N1CCC[C@@H](c2nc3ccccc3s2)C1. The number of aromatic nitrogens is 1. The number of fused-ring (bicyclic) bond motifs is 2. The van der Waals surface area contributed by atoms with E-state index in [9.17, 15) is 9.59 Å². The third-order valence-electron chi connectivity index (χ3n) is 5.50. The molecule has 1 saturated heterocycles. The average Bonchev–Trinajstić information content (AvgIpc) is 3.19. The number of likely N-dealkylation sites (tertiary alicyclic amines) is 1. The summed E-state index contributed by atoms with van der Waals surface area (Å²) in [6.07, 6.45) is 1.22. The van der Waals surface area contributed by atoms with Gasteiger partial charge in [0.25, 0.3) is 5.91 Å².